The Hall–Kier alpha value is -2.05. The Morgan fingerprint density at radius 1 is 1.00 bits per heavy atom. The Labute approximate surface area is 142 Å². The summed E-state index contributed by atoms with van der Waals surface area (Å²) in [5.74, 6) is 1.12. The van der Waals surface area contributed by atoms with E-state index < -0.39 is 0 Å². The molecule has 0 aliphatic rings. The van der Waals surface area contributed by atoms with E-state index in [9.17, 15) is 0 Å². The highest BCUT2D eigenvalue weighted by molar-refractivity contribution is 5.81. The van der Waals surface area contributed by atoms with E-state index in [1.165, 1.54) is 0 Å². The molecule has 6 heteroatoms. The van der Waals surface area contributed by atoms with Crippen LogP contribution < -0.4 is 4.57 Å². The first kappa shape index (κ1) is 16.8. The maximum Gasteiger partial charge on any atom is 0.323 e. The van der Waals surface area contributed by atoms with E-state index in [2.05, 4.69) is 16.1 Å². The Bertz CT molecular complexity index is 762. The first-order chi connectivity index (χ1) is 11.8. The van der Waals surface area contributed by atoms with Gasteiger partial charge in [0.15, 0.2) is 5.52 Å². The zero-order valence-corrected chi connectivity index (χ0v) is 14.7. The van der Waals surface area contributed by atoms with Crippen LogP contribution in [0.15, 0.2) is 24.3 Å². The molecule has 0 unspecified atom stereocenters. The van der Waals surface area contributed by atoms with Gasteiger partial charge in [-0.25, -0.2) is 14.1 Å². The number of para-hydroxylation sites is 2. The van der Waals surface area contributed by atoms with Gasteiger partial charge in [0.1, 0.15) is 5.52 Å². The molecular formula is C18H25N4O2+. The highest BCUT2D eigenvalue weighted by Crippen LogP contribution is 2.16. The molecule has 1 aromatic carbocycles. The molecule has 2 heterocycles. The van der Waals surface area contributed by atoms with E-state index in [1.807, 2.05) is 38.1 Å². The SMILES string of the molecule is CCOCCn1c(C)[n+](CCOCC)c2nc3ccccc3nc21. The molecule has 0 bridgehead atoms. The molecule has 0 amide bonds. The summed E-state index contributed by atoms with van der Waals surface area (Å²) in [4.78, 5) is 9.70. The monoisotopic (exact) mass is 329 g/mol. The van der Waals surface area contributed by atoms with Crippen LogP contribution in [0.4, 0.5) is 0 Å². The van der Waals surface area contributed by atoms with Gasteiger partial charge in [0.25, 0.3) is 5.65 Å². The number of ether oxygens (including phenoxy) is 2. The number of hydrogen-bond acceptors (Lipinski definition) is 4. The molecule has 3 aromatic rings. The molecule has 0 saturated heterocycles. The van der Waals surface area contributed by atoms with Gasteiger partial charge in [0, 0.05) is 20.1 Å². The van der Waals surface area contributed by atoms with Gasteiger partial charge in [-0.2, -0.15) is 0 Å². The summed E-state index contributed by atoms with van der Waals surface area (Å²) in [5, 5.41) is 0. The van der Waals surface area contributed by atoms with Crippen molar-refractivity contribution >= 4 is 22.3 Å². The van der Waals surface area contributed by atoms with Crippen LogP contribution in [0.2, 0.25) is 0 Å². The summed E-state index contributed by atoms with van der Waals surface area (Å²) in [6, 6.07) is 7.99. The minimum Gasteiger partial charge on any atom is -0.378 e. The molecule has 2 aromatic heterocycles. The van der Waals surface area contributed by atoms with Crippen LogP contribution in [0, 0.1) is 6.92 Å². The number of benzene rings is 1. The van der Waals surface area contributed by atoms with E-state index in [0.717, 1.165) is 54.5 Å². The molecule has 0 spiro atoms. The van der Waals surface area contributed by atoms with Crippen LogP contribution in [0.5, 0.6) is 0 Å². The summed E-state index contributed by atoms with van der Waals surface area (Å²) in [6.07, 6.45) is 0. The molecule has 0 radical (unpaired) electrons. The van der Waals surface area contributed by atoms with Gasteiger partial charge in [-0.05, 0) is 26.0 Å². The van der Waals surface area contributed by atoms with Gasteiger partial charge in [-0.1, -0.05) is 17.1 Å². The van der Waals surface area contributed by atoms with Crippen LogP contribution in [0.1, 0.15) is 19.7 Å². The first-order valence-corrected chi connectivity index (χ1v) is 8.57. The highest BCUT2D eigenvalue weighted by Gasteiger charge is 2.24. The molecular weight excluding hydrogens is 304 g/mol. The van der Waals surface area contributed by atoms with E-state index in [4.69, 9.17) is 19.4 Å². The van der Waals surface area contributed by atoms with Crippen molar-refractivity contribution in [1.29, 1.82) is 0 Å². The second-order valence-electron chi connectivity index (χ2n) is 5.60. The van der Waals surface area contributed by atoms with Gasteiger partial charge in [0.05, 0.1) is 26.3 Å². The second kappa shape index (κ2) is 7.68. The van der Waals surface area contributed by atoms with Gasteiger partial charge >= 0.3 is 5.65 Å². The Morgan fingerprint density at radius 3 is 2.38 bits per heavy atom. The van der Waals surface area contributed by atoms with Crippen molar-refractivity contribution in [2.24, 2.45) is 0 Å². The molecule has 128 valence electrons. The molecule has 0 atom stereocenters. The van der Waals surface area contributed by atoms with Crippen LogP contribution >= 0.6 is 0 Å². The Balaban J connectivity index is 2.09. The number of imidazole rings is 1. The maximum atomic E-state index is 5.53. The third-order valence-electron chi connectivity index (χ3n) is 4.15. The van der Waals surface area contributed by atoms with Crippen molar-refractivity contribution in [2.75, 3.05) is 26.4 Å². The zero-order chi connectivity index (χ0) is 16.9. The van der Waals surface area contributed by atoms with Crippen molar-refractivity contribution in [1.82, 2.24) is 14.5 Å². The summed E-state index contributed by atoms with van der Waals surface area (Å²) in [5.41, 5.74) is 3.64. The van der Waals surface area contributed by atoms with E-state index in [1.54, 1.807) is 0 Å². The highest BCUT2D eigenvalue weighted by atomic mass is 16.5. The quantitative estimate of drug-likeness (QED) is 0.470. The van der Waals surface area contributed by atoms with E-state index in [-0.39, 0.29) is 0 Å². The summed E-state index contributed by atoms with van der Waals surface area (Å²) in [7, 11) is 0. The lowest BCUT2D eigenvalue weighted by Crippen LogP contribution is -2.39. The van der Waals surface area contributed by atoms with Gasteiger partial charge in [-0.15, -0.1) is 0 Å². The minimum atomic E-state index is 0.668. The van der Waals surface area contributed by atoms with Crippen LogP contribution in [0.25, 0.3) is 22.3 Å². The predicted molar refractivity (Wildman–Crippen MR) is 93.0 cm³/mol. The van der Waals surface area contributed by atoms with Crippen LogP contribution in [0.3, 0.4) is 0 Å². The molecule has 0 saturated carbocycles. The fraction of sp³-hybridized carbons (Fsp3) is 0.500. The minimum absolute atomic E-state index is 0.668. The third-order valence-corrected chi connectivity index (χ3v) is 4.15. The van der Waals surface area contributed by atoms with Gasteiger partial charge < -0.3 is 9.47 Å². The van der Waals surface area contributed by atoms with Crippen molar-refractivity contribution in [2.45, 2.75) is 33.9 Å². The number of hydrogen-bond donors (Lipinski definition) is 0. The van der Waals surface area contributed by atoms with Crippen LogP contribution in [-0.2, 0) is 22.6 Å². The van der Waals surface area contributed by atoms with Crippen molar-refractivity contribution in [3.05, 3.63) is 30.1 Å². The third kappa shape index (κ3) is 3.25. The molecule has 24 heavy (non-hydrogen) atoms. The zero-order valence-electron chi connectivity index (χ0n) is 14.7. The maximum absolute atomic E-state index is 5.53. The Morgan fingerprint density at radius 2 is 1.67 bits per heavy atom. The van der Waals surface area contributed by atoms with Crippen molar-refractivity contribution < 1.29 is 14.0 Å². The summed E-state index contributed by atoms with van der Waals surface area (Å²) in [6.45, 7) is 10.4. The smallest absolute Gasteiger partial charge is 0.323 e. The number of aromatic nitrogens is 4. The fourth-order valence-electron chi connectivity index (χ4n) is 2.93. The average Bonchev–Trinajstić information content (AvgIpc) is 2.85. The molecule has 0 fully saturated rings. The van der Waals surface area contributed by atoms with Crippen molar-refractivity contribution in [3.63, 3.8) is 0 Å². The summed E-state index contributed by atoms with van der Waals surface area (Å²) >= 11 is 0. The lowest BCUT2D eigenvalue weighted by Gasteiger charge is -2.04. The number of rotatable bonds is 8. The Kier molecular flexibility index (Phi) is 5.37. The molecule has 0 N–H and O–H groups in total. The predicted octanol–water partition coefficient (Wildman–Crippen LogP) is 2.25. The van der Waals surface area contributed by atoms with E-state index >= 15 is 0 Å². The van der Waals surface area contributed by atoms with Crippen molar-refractivity contribution in [3.8, 4) is 0 Å². The second-order valence-corrected chi connectivity index (χ2v) is 5.60. The van der Waals surface area contributed by atoms with E-state index in [0.29, 0.717) is 13.2 Å². The lowest BCUT2D eigenvalue weighted by molar-refractivity contribution is -0.681. The number of nitrogens with zero attached hydrogens (tertiary/aromatic N) is 4. The van der Waals surface area contributed by atoms with Gasteiger partial charge in [-0.3, -0.25) is 0 Å². The number of fused-ring (bicyclic) bond motifs is 2. The normalized spacial score (nSPS) is 11.6. The first-order valence-electron chi connectivity index (χ1n) is 8.57. The van der Waals surface area contributed by atoms with Gasteiger partial charge in [0.2, 0.25) is 5.82 Å². The largest absolute Gasteiger partial charge is 0.378 e. The summed E-state index contributed by atoms with van der Waals surface area (Å²) < 4.78 is 15.4. The lowest BCUT2D eigenvalue weighted by atomic mass is 10.3. The standard InChI is InChI=1S/C18H25N4O2/c1-4-23-12-10-21-14(3)22(11-13-24-5-2)18-17(21)19-15-8-6-7-9-16(15)20-18/h6-9H,4-5,10-13H2,1-3H3/q+1. The topological polar surface area (TPSA) is 53.0 Å². The fourth-order valence-corrected chi connectivity index (χ4v) is 2.93. The molecule has 0 aliphatic carbocycles. The molecule has 6 nitrogen and oxygen atoms in total. The molecule has 0 aliphatic heterocycles. The molecule has 3 rings (SSSR count). The van der Waals surface area contributed by atoms with Crippen LogP contribution in [-0.4, -0.2) is 41.0 Å². The average molecular weight is 329 g/mol.